The third-order valence-electron chi connectivity index (χ3n) is 3.53. The van der Waals surface area contributed by atoms with Crippen LogP contribution in [0.2, 0.25) is 0 Å². The van der Waals surface area contributed by atoms with Gasteiger partial charge in [-0.1, -0.05) is 40.9 Å². The van der Waals surface area contributed by atoms with Crippen LogP contribution >= 0.6 is 15.9 Å². The minimum Gasteiger partial charge on any atom is -0.550 e. The molecule has 0 bridgehead atoms. The molecule has 0 saturated heterocycles. The SMILES string of the molecule is O=C([O-])[C@@H]1CCCC[C@H]1C(=O)c1ccc(Br)cc1. The highest BCUT2D eigenvalue weighted by Gasteiger charge is 2.32. The summed E-state index contributed by atoms with van der Waals surface area (Å²) in [5.74, 6) is -2.22. The van der Waals surface area contributed by atoms with Gasteiger partial charge in [0.1, 0.15) is 0 Å². The first-order chi connectivity index (χ1) is 8.59. The van der Waals surface area contributed by atoms with Crippen molar-refractivity contribution in [1.82, 2.24) is 0 Å². The van der Waals surface area contributed by atoms with Crippen LogP contribution in [-0.4, -0.2) is 11.8 Å². The van der Waals surface area contributed by atoms with E-state index in [9.17, 15) is 14.7 Å². The lowest BCUT2D eigenvalue weighted by Gasteiger charge is -2.31. The molecule has 0 spiro atoms. The molecule has 1 aromatic carbocycles. The number of carbonyl (C=O) groups excluding carboxylic acids is 2. The van der Waals surface area contributed by atoms with Crippen LogP contribution in [0.3, 0.4) is 0 Å². The second kappa shape index (κ2) is 5.65. The van der Waals surface area contributed by atoms with E-state index in [1.807, 2.05) is 0 Å². The zero-order chi connectivity index (χ0) is 13.1. The van der Waals surface area contributed by atoms with Gasteiger partial charge in [0.15, 0.2) is 5.78 Å². The highest BCUT2D eigenvalue weighted by molar-refractivity contribution is 9.10. The number of carboxylic acid groups (broad SMARTS) is 1. The second-order valence-electron chi connectivity index (χ2n) is 4.69. The van der Waals surface area contributed by atoms with Crippen molar-refractivity contribution >= 4 is 27.7 Å². The molecular weight excluding hydrogens is 296 g/mol. The van der Waals surface area contributed by atoms with Crippen molar-refractivity contribution in [2.75, 3.05) is 0 Å². The fraction of sp³-hybridized carbons (Fsp3) is 0.429. The zero-order valence-electron chi connectivity index (χ0n) is 9.90. The summed E-state index contributed by atoms with van der Waals surface area (Å²) in [6.07, 6.45) is 2.97. The van der Waals surface area contributed by atoms with Crippen molar-refractivity contribution in [2.45, 2.75) is 25.7 Å². The molecule has 0 aromatic heterocycles. The van der Waals surface area contributed by atoms with Crippen LogP contribution in [0.5, 0.6) is 0 Å². The highest BCUT2D eigenvalue weighted by Crippen LogP contribution is 2.32. The number of ketones is 1. The van der Waals surface area contributed by atoms with Crippen LogP contribution in [-0.2, 0) is 4.79 Å². The van der Waals surface area contributed by atoms with E-state index < -0.39 is 17.8 Å². The predicted octanol–water partition coefficient (Wildman–Crippen LogP) is 2.19. The number of rotatable bonds is 3. The number of hydrogen-bond acceptors (Lipinski definition) is 3. The summed E-state index contributed by atoms with van der Waals surface area (Å²) < 4.78 is 0.902. The first-order valence-electron chi connectivity index (χ1n) is 6.10. The Morgan fingerprint density at radius 3 is 2.17 bits per heavy atom. The zero-order valence-corrected chi connectivity index (χ0v) is 11.5. The number of aliphatic carboxylic acids is 1. The summed E-state index contributed by atoms with van der Waals surface area (Å²) in [4.78, 5) is 23.4. The average Bonchev–Trinajstić information content (AvgIpc) is 2.39. The van der Waals surface area contributed by atoms with Crippen LogP contribution < -0.4 is 5.11 Å². The summed E-state index contributed by atoms with van der Waals surface area (Å²) in [7, 11) is 0. The Labute approximate surface area is 114 Å². The second-order valence-corrected chi connectivity index (χ2v) is 5.60. The Morgan fingerprint density at radius 1 is 1.06 bits per heavy atom. The Morgan fingerprint density at radius 2 is 1.61 bits per heavy atom. The smallest absolute Gasteiger partial charge is 0.166 e. The van der Waals surface area contributed by atoms with Crippen LogP contribution in [0, 0.1) is 11.8 Å². The van der Waals surface area contributed by atoms with Gasteiger partial charge in [0.2, 0.25) is 0 Å². The Bertz CT molecular complexity index is 453. The van der Waals surface area contributed by atoms with Gasteiger partial charge in [-0.25, -0.2) is 0 Å². The van der Waals surface area contributed by atoms with Gasteiger partial charge in [-0.2, -0.15) is 0 Å². The summed E-state index contributed by atoms with van der Waals surface area (Å²) in [6, 6.07) is 7.05. The van der Waals surface area contributed by atoms with E-state index in [1.54, 1.807) is 24.3 Å². The normalized spacial score (nSPS) is 23.6. The Balaban J connectivity index is 2.20. The molecule has 4 heteroatoms. The van der Waals surface area contributed by atoms with E-state index in [0.29, 0.717) is 18.4 Å². The van der Waals surface area contributed by atoms with Crippen molar-refractivity contribution in [3.8, 4) is 0 Å². The average molecular weight is 310 g/mol. The maximum Gasteiger partial charge on any atom is 0.166 e. The molecule has 1 aliphatic rings. The quantitative estimate of drug-likeness (QED) is 0.804. The van der Waals surface area contributed by atoms with Gasteiger partial charge in [-0.05, 0) is 25.0 Å². The van der Waals surface area contributed by atoms with Gasteiger partial charge in [-0.3, -0.25) is 4.79 Å². The third kappa shape index (κ3) is 2.80. The van der Waals surface area contributed by atoms with E-state index in [2.05, 4.69) is 15.9 Å². The van der Waals surface area contributed by atoms with Gasteiger partial charge in [0, 0.05) is 27.8 Å². The number of halogens is 1. The molecule has 2 rings (SSSR count). The predicted molar refractivity (Wildman–Crippen MR) is 68.9 cm³/mol. The fourth-order valence-electron chi connectivity index (χ4n) is 2.56. The molecule has 96 valence electrons. The molecule has 0 amide bonds. The largest absolute Gasteiger partial charge is 0.550 e. The molecule has 3 nitrogen and oxygen atoms in total. The van der Waals surface area contributed by atoms with Gasteiger partial charge < -0.3 is 9.90 Å². The summed E-state index contributed by atoms with van der Waals surface area (Å²) >= 11 is 3.31. The monoisotopic (exact) mass is 309 g/mol. The first-order valence-corrected chi connectivity index (χ1v) is 6.89. The lowest BCUT2D eigenvalue weighted by molar-refractivity contribution is -0.313. The number of hydrogen-bond donors (Lipinski definition) is 0. The highest BCUT2D eigenvalue weighted by atomic mass is 79.9. The molecule has 1 aromatic rings. The molecule has 0 radical (unpaired) electrons. The molecule has 1 aliphatic carbocycles. The number of benzene rings is 1. The van der Waals surface area contributed by atoms with Crippen LogP contribution in [0.15, 0.2) is 28.7 Å². The minimum atomic E-state index is -1.09. The van der Waals surface area contributed by atoms with Gasteiger partial charge >= 0.3 is 0 Å². The molecule has 2 atom stereocenters. The van der Waals surface area contributed by atoms with E-state index in [-0.39, 0.29) is 5.78 Å². The van der Waals surface area contributed by atoms with Crippen molar-refractivity contribution in [2.24, 2.45) is 11.8 Å². The molecular formula is C14H14BrO3-. The molecule has 0 heterocycles. The molecule has 18 heavy (non-hydrogen) atoms. The summed E-state index contributed by atoms with van der Waals surface area (Å²) in [5, 5.41) is 11.1. The Hall–Kier alpha value is -1.16. The lowest BCUT2D eigenvalue weighted by Crippen LogP contribution is -2.40. The summed E-state index contributed by atoms with van der Waals surface area (Å²) in [6.45, 7) is 0. The molecule has 0 N–H and O–H groups in total. The number of Topliss-reactive ketones (excluding diaryl/α,β-unsaturated/α-hetero) is 1. The maximum atomic E-state index is 12.3. The fourth-order valence-corrected chi connectivity index (χ4v) is 2.82. The third-order valence-corrected chi connectivity index (χ3v) is 4.06. The number of carboxylic acids is 1. The van der Waals surface area contributed by atoms with Crippen molar-refractivity contribution in [1.29, 1.82) is 0 Å². The molecule has 1 saturated carbocycles. The first kappa shape index (κ1) is 13.3. The molecule has 1 fully saturated rings. The topological polar surface area (TPSA) is 57.2 Å². The van der Waals surface area contributed by atoms with E-state index in [0.717, 1.165) is 17.3 Å². The van der Waals surface area contributed by atoms with Crippen LogP contribution in [0.1, 0.15) is 36.0 Å². The van der Waals surface area contributed by atoms with Crippen molar-refractivity contribution in [3.05, 3.63) is 34.3 Å². The van der Waals surface area contributed by atoms with Gasteiger partial charge in [0.25, 0.3) is 0 Å². The molecule has 0 unspecified atom stereocenters. The van der Waals surface area contributed by atoms with Crippen LogP contribution in [0.25, 0.3) is 0 Å². The van der Waals surface area contributed by atoms with Crippen molar-refractivity contribution < 1.29 is 14.7 Å². The maximum absolute atomic E-state index is 12.3. The minimum absolute atomic E-state index is 0.0728. The van der Waals surface area contributed by atoms with E-state index in [1.165, 1.54) is 0 Å². The van der Waals surface area contributed by atoms with Crippen LogP contribution in [0.4, 0.5) is 0 Å². The summed E-state index contributed by atoms with van der Waals surface area (Å²) in [5.41, 5.74) is 0.580. The van der Waals surface area contributed by atoms with Gasteiger partial charge in [0.05, 0.1) is 0 Å². The Kier molecular flexibility index (Phi) is 4.17. The van der Waals surface area contributed by atoms with Gasteiger partial charge in [-0.15, -0.1) is 0 Å². The molecule has 0 aliphatic heterocycles. The lowest BCUT2D eigenvalue weighted by atomic mass is 9.75. The standard InChI is InChI=1S/C14H15BrO3/c15-10-7-5-9(6-8-10)13(16)11-3-1-2-4-12(11)14(17)18/h5-8,11-12H,1-4H2,(H,17,18)/p-1/t11-,12-/m1/s1. The van der Waals surface area contributed by atoms with E-state index >= 15 is 0 Å². The van der Waals surface area contributed by atoms with E-state index in [4.69, 9.17) is 0 Å². The van der Waals surface area contributed by atoms with Crippen molar-refractivity contribution in [3.63, 3.8) is 0 Å². The number of carbonyl (C=O) groups is 2.